The highest BCUT2D eigenvalue weighted by Crippen LogP contribution is 2.12. The molecule has 0 saturated carbocycles. The minimum absolute atomic E-state index is 0.0137. The van der Waals surface area contributed by atoms with Crippen LogP contribution in [0.5, 0.6) is 5.88 Å². The van der Waals surface area contributed by atoms with Gasteiger partial charge in [0.05, 0.1) is 6.61 Å². The maximum Gasteiger partial charge on any atom is 0.250 e. The molecular formula is C11H15FN2O2. The molecule has 1 aromatic rings. The standard InChI is InChI=1S/C11H15FN2O2/c1-14-5-6-15-9(7-14)8-16-11-10(12)3-2-4-13-11/h2-4,9H,5-8H2,1H3. The highest BCUT2D eigenvalue weighted by molar-refractivity contribution is 5.12. The second kappa shape index (κ2) is 5.23. The molecule has 0 spiro atoms. The topological polar surface area (TPSA) is 34.6 Å². The van der Waals surface area contributed by atoms with E-state index in [2.05, 4.69) is 9.88 Å². The van der Waals surface area contributed by atoms with Gasteiger partial charge in [-0.2, -0.15) is 0 Å². The van der Waals surface area contributed by atoms with Gasteiger partial charge in [-0.3, -0.25) is 0 Å². The molecular weight excluding hydrogens is 211 g/mol. The van der Waals surface area contributed by atoms with Gasteiger partial charge in [0.2, 0.25) is 5.88 Å². The Morgan fingerprint density at radius 1 is 1.69 bits per heavy atom. The van der Waals surface area contributed by atoms with Gasteiger partial charge in [0.1, 0.15) is 12.7 Å². The van der Waals surface area contributed by atoms with Crippen LogP contribution >= 0.6 is 0 Å². The predicted molar refractivity (Wildman–Crippen MR) is 56.9 cm³/mol. The van der Waals surface area contributed by atoms with Gasteiger partial charge in [0, 0.05) is 19.3 Å². The van der Waals surface area contributed by atoms with Gasteiger partial charge in [-0.25, -0.2) is 9.37 Å². The zero-order chi connectivity index (χ0) is 11.4. The van der Waals surface area contributed by atoms with Crippen LogP contribution in [0.25, 0.3) is 0 Å². The summed E-state index contributed by atoms with van der Waals surface area (Å²) in [5.41, 5.74) is 0. The van der Waals surface area contributed by atoms with Gasteiger partial charge in [0.25, 0.3) is 0 Å². The quantitative estimate of drug-likeness (QED) is 0.768. The van der Waals surface area contributed by atoms with E-state index in [0.29, 0.717) is 13.2 Å². The summed E-state index contributed by atoms with van der Waals surface area (Å²) >= 11 is 0. The highest BCUT2D eigenvalue weighted by Gasteiger charge is 2.18. The second-order valence-corrected chi connectivity index (χ2v) is 3.86. The number of pyridine rings is 1. The largest absolute Gasteiger partial charge is 0.473 e. The first-order valence-electron chi connectivity index (χ1n) is 5.29. The van der Waals surface area contributed by atoms with E-state index in [1.54, 1.807) is 0 Å². The summed E-state index contributed by atoms with van der Waals surface area (Å²) in [5, 5.41) is 0. The van der Waals surface area contributed by atoms with E-state index in [4.69, 9.17) is 9.47 Å². The number of hydrogen-bond acceptors (Lipinski definition) is 4. The third-order valence-corrected chi connectivity index (χ3v) is 2.47. The molecule has 1 saturated heterocycles. The Labute approximate surface area is 94.0 Å². The molecule has 1 unspecified atom stereocenters. The van der Waals surface area contributed by atoms with Crippen molar-refractivity contribution in [3.63, 3.8) is 0 Å². The van der Waals surface area contributed by atoms with Crippen molar-refractivity contribution in [2.24, 2.45) is 0 Å². The fraction of sp³-hybridized carbons (Fsp3) is 0.545. The summed E-state index contributed by atoms with van der Waals surface area (Å²) in [5.74, 6) is -0.397. The van der Waals surface area contributed by atoms with Crippen molar-refractivity contribution >= 4 is 0 Å². The summed E-state index contributed by atoms with van der Waals surface area (Å²) in [4.78, 5) is 5.97. The number of morpholine rings is 1. The van der Waals surface area contributed by atoms with Crippen molar-refractivity contribution in [2.75, 3.05) is 33.4 Å². The number of halogens is 1. The fourth-order valence-corrected chi connectivity index (χ4v) is 1.62. The molecule has 88 valence electrons. The second-order valence-electron chi connectivity index (χ2n) is 3.86. The number of rotatable bonds is 3. The molecule has 1 aliphatic heterocycles. The van der Waals surface area contributed by atoms with E-state index in [-0.39, 0.29) is 12.0 Å². The van der Waals surface area contributed by atoms with E-state index in [9.17, 15) is 4.39 Å². The highest BCUT2D eigenvalue weighted by atomic mass is 19.1. The van der Waals surface area contributed by atoms with Gasteiger partial charge >= 0.3 is 0 Å². The van der Waals surface area contributed by atoms with Crippen LogP contribution in [0.4, 0.5) is 4.39 Å². The van der Waals surface area contributed by atoms with Crippen LogP contribution in [0.2, 0.25) is 0 Å². The molecule has 2 heterocycles. The number of nitrogens with zero attached hydrogens (tertiary/aromatic N) is 2. The molecule has 5 heteroatoms. The van der Waals surface area contributed by atoms with Crippen molar-refractivity contribution in [2.45, 2.75) is 6.10 Å². The lowest BCUT2D eigenvalue weighted by Crippen LogP contribution is -2.42. The summed E-state index contributed by atoms with van der Waals surface area (Å²) in [6.07, 6.45) is 1.49. The number of aromatic nitrogens is 1. The molecule has 2 rings (SSSR count). The molecule has 0 aromatic carbocycles. The Balaban J connectivity index is 1.85. The maximum absolute atomic E-state index is 13.2. The molecule has 0 bridgehead atoms. The molecule has 1 atom stereocenters. The Hall–Kier alpha value is -1.20. The summed E-state index contributed by atoms with van der Waals surface area (Å²) in [6, 6.07) is 2.86. The van der Waals surface area contributed by atoms with E-state index < -0.39 is 5.82 Å². The van der Waals surface area contributed by atoms with Crippen molar-refractivity contribution in [1.82, 2.24) is 9.88 Å². The first-order chi connectivity index (χ1) is 7.75. The summed E-state index contributed by atoms with van der Waals surface area (Å²) < 4.78 is 24.0. The van der Waals surface area contributed by atoms with Crippen LogP contribution in [-0.4, -0.2) is 49.3 Å². The van der Waals surface area contributed by atoms with E-state index >= 15 is 0 Å². The van der Waals surface area contributed by atoms with E-state index in [1.807, 2.05) is 7.05 Å². The zero-order valence-corrected chi connectivity index (χ0v) is 9.23. The van der Waals surface area contributed by atoms with Crippen molar-refractivity contribution in [3.8, 4) is 5.88 Å². The van der Waals surface area contributed by atoms with Crippen LogP contribution in [0.1, 0.15) is 0 Å². The molecule has 1 aromatic heterocycles. The van der Waals surface area contributed by atoms with Gasteiger partial charge in [-0.15, -0.1) is 0 Å². The first kappa shape index (κ1) is 11.3. The van der Waals surface area contributed by atoms with Gasteiger partial charge in [-0.1, -0.05) is 0 Å². The lowest BCUT2D eigenvalue weighted by atomic mass is 10.3. The SMILES string of the molecule is CN1CCOC(COc2ncccc2F)C1. The Bertz CT molecular complexity index is 349. The average molecular weight is 226 g/mol. The normalized spacial score (nSPS) is 22.0. The van der Waals surface area contributed by atoms with Gasteiger partial charge in [-0.05, 0) is 19.2 Å². The Morgan fingerprint density at radius 3 is 3.31 bits per heavy atom. The molecule has 1 aliphatic rings. The Kier molecular flexibility index (Phi) is 3.69. The first-order valence-corrected chi connectivity index (χ1v) is 5.29. The molecule has 16 heavy (non-hydrogen) atoms. The number of likely N-dealkylation sites (N-methyl/N-ethyl adjacent to an activating group) is 1. The van der Waals surface area contributed by atoms with Crippen LogP contribution in [-0.2, 0) is 4.74 Å². The maximum atomic E-state index is 13.2. The third-order valence-electron chi connectivity index (χ3n) is 2.47. The number of ether oxygens (including phenoxy) is 2. The molecule has 4 nitrogen and oxygen atoms in total. The number of hydrogen-bond donors (Lipinski definition) is 0. The average Bonchev–Trinajstić information content (AvgIpc) is 2.28. The minimum atomic E-state index is -0.438. The van der Waals surface area contributed by atoms with Crippen LogP contribution in [0, 0.1) is 5.82 Å². The van der Waals surface area contributed by atoms with Crippen LogP contribution in [0.3, 0.4) is 0 Å². The van der Waals surface area contributed by atoms with Gasteiger partial charge < -0.3 is 14.4 Å². The summed E-state index contributed by atoms with van der Waals surface area (Å²) in [6.45, 7) is 2.75. The molecule has 0 amide bonds. The monoisotopic (exact) mass is 226 g/mol. The molecule has 1 fully saturated rings. The van der Waals surface area contributed by atoms with Crippen LogP contribution < -0.4 is 4.74 Å². The predicted octanol–water partition coefficient (Wildman–Crippen LogP) is 0.930. The van der Waals surface area contributed by atoms with Crippen molar-refractivity contribution < 1.29 is 13.9 Å². The minimum Gasteiger partial charge on any atom is -0.473 e. The van der Waals surface area contributed by atoms with E-state index in [0.717, 1.165) is 13.1 Å². The summed E-state index contributed by atoms with van der Waals surface area (Å²) in [7, 11) is 2.02. The molecule has 0 N–H and O–H groups in total. The fourth-order valence-electron chi connectivity index (χ4n) is 1.62. The molecule has 0 radical (unpaired) electrons. The molecule has 0 aliphatic carbocycles. The van der Waals surface area contributed by atoms with Gasteiger partial charge in [0.15, 0.2) is 5.82 Å². The third kappa shape index (κ3) is 2.90. The Morgan fingerprint density at radius 2 is 2.56 bits per heavy atom. The van der Waals surface area contributed by atoms with E-state index in [1.165, 1.54) is 18.3 Å². The lowest BCUT2D eigenvalue weighted by molar-refractivity contribution is -0.0415. The lowest BCUT2D eigenvalue weighted by Gasteiger charge is -2.29. The smallest absolute Gasteiger partial charge is 0.250 e. The van der Waals surface area contributed by atoms with Crippen molar-refractivity contribution in [1.29, 1.82) is 0 Å². The van der Waals surface area contributed by atoms with Crippen LogP contribution in [0.15, 0.2) is 18.3 Å². The zero-order valence-electron chi connectivity index (χ0n) is 9.23. The van der Waals surface area contributed by atoms with Crippen molar-refractivity contribution in [3.05, 3.63) is 24.1 Å².